The highest BCUT2D eigenvalue weighted by Crippen LogP contribution is 2.26. The van der Waals surface area contributed by atoms with Crippen LogP contribution in [0.4, 0.5) is 5.69 Å². The number of nitrogens with zero attached hydrogens (tertiary/aromatic N) is 2. The molecule has 1 unspecified atom stereocenters. The Balaban J connectivity index is 0.00000392. The van der Waals surface area contributed by atoms with Crippen molar-refractivity contribution in [3.8, 4) is 0 Å². The number of nitro groups is 1. The van der Waals surface area contributed by atoms with Crippen molar-refractivity contribution in [2.45, 2.75) is 29.9 Å². The van der Waals surface area contributed by atoms with Crippen LogP contribution < -0.4 is 15.4 Å². The van der Waals surface area contributed by atoms with Crippen molar-refractivity contribution in [3.05, 3.63) is 34.4 Å². The van der Waals surface area contributed by atoms with E-state index in [0.29, 0.717) is 24.3 Å². The Bertz CT molecular complexity index is 770. The molecule has 28 heavy (non-hydrogen) atoms. The molecule has 0 aromatic heterocycles. The third-order valence-electron chi connectivity index (χ3n) is 3.87. The van der Waals surface area contributed by atoms with Gasteiger partial charge in [-0.3, -0.25) is 15.1 Å². The Morgan fingerprint density at radius 3 is 2.79 bits per heavy atom. The molecular formula is C16H26IN5O4S2. The van der Waals surface area contributed by atoms with Gasteiger partial charge in [0.25, 0.3) is 5.69 Å². The van der Waals surface area contributed by atoms with Crippen LogP contribution in [0.2, 0.25) is 0 Å². The van der Waals surface area contributed by atoms with Crippen molar-refractivity contribution >= 4 is 57.4 Å². The minimum absolute atomic E-state index is 0. The van der Waals surface area contributed by atoms with Crippen molar-refractivity contribution in [1.82, 2.24) is 15.4 Å². The number of guanidine groups is 1. The van der Waals surface area contributed by atoms with E-state index >= 15 is 0 Å². The fourth-order valence-corrected chi connectivity index (χ4v) is 4.79. The molecule has 1 atom stereocenters. The maximum Gasteiger partial charge on any atom is 0.270 e. The average Bonchev–Trinajstić information content (AvgIpc) is 3.17. The van der Waals surface area contributed by atoms with Gasteiger partial charge < -0.3 is 10.6 Å². The average molecular weight is 543 g/mol. The molecule has 0 bridgehead atoms. The molecule has 1 heterocycles. The summed E-state index contributed by atoms with van der Waals surface area (Å²) in [6, 6.07) is 4.97. The maximum absolute atomic E-state index is 12.3. The van der Waals surface area contributed by atoms with E-state index < -0.39 is 14.9 Å². The van der Waals surface area contributed by atoms with Crippen LogP contribution in [-0.2, 0) is 10.0 Å². The molecule has 9 nitrogen and oxygen atoms in total. The van der Waals surface area contributed by atoms with E-state index in [-0.39, 0.29) is 41.1 Å². The van der Waals surface area contributed by atoms with E-state index in [4.69, 9.17) is 0 Å². The van der Waals surface area contributed by atoms with Gasteiger partial charge in [0.2, 0.25) is 10.0 Å². The molecule has 0 aliphatic carbocycles. The summed E-state index contributed by atoms with van der Waals surface area (Å²) in [6.45, 7) is 3.89. The van der Waals surface area contributed by atoms with E-state index in [2.05, 4.69) is 20.3 Å². The number of non-ortho nitro benzene ring substituents is 1. The first-order valence-electron chi connectivity index (χ1n) is 8.80. The summed E-state index contributed by atoms with van der Waals surface area (Å²) in [6.07, 6.45) is 2.41. The molecule has 1 aliphatic rings. The zero-order valence-electron chi connectivity index (χ0n) is 15.6. The van der Waals surface area contributed by atoms with E-state index in [1.165, 1.54) is 36.8 Å². The molecule has 158 valence electrons. The van der Waals surface area contributed by atoms with Gasteiger partial charge in [-0.15, -0.1) is 24.0 Å². The summed E-state index contributed by atoms with van der Waals surface area (Å²) in [7, 11) is -3.81. The Morgan fingerprint density at radius 2 is 2.14 bits per heavy atom. The number of sulfonamides is 1. The molecule has 0 amide bonds. The molecule has 1 aromatic carbocycles. The number of halogens is 1. The normalized spacial score (nSPS) is 17.0. The Kier molecular flexibility index (Phi) is 11.1. The van der Waals surface area contributed by atoms with Crippen LogP contribution in [0.15, 0.2) is 34.2 Å². The van der Waals surface area contributed by atoms with E-state index in [1.807, 2.05) is 18.7 Å². The number of benzene rings is 1. The molecule has 2 rings (SSSR count). The van der Waals surface area contributed by atoms with Gasteiger partial charge in [-0.1, -0.05) is 6.07 Å². The van der Waals surface area contributed by atoms with E-state index in [1.54, 1.807) is 0 Å². The second-order valence-corrected chi connectivity index (χ2v) is 9.11. The van der Waals surface area contributed by atoms with Crippen LogP contribution in [-0.4, -0.2) is 56.5 Å². The van der Waals surface area contributed by atoms with Gasteiger partial charge in [0.15, 0.2) is 5.96 Å². The molecule has 12 heteroatoms. The fraction of sp³-hybridized carbons (Fsp3) is 0.562. The standard InChI is InChI=1S/C16H25N5O4S2.HI/c1-2-17-16(19-12-14-6-4-10-26-14)18-8-9-20-27(24,25)15-7-3-5-13(11-15)21(22)23;/h3,5,7,11,14,20H,2,4,6,8-10,12H2,1H3,(H2,17,18,19);1H. The number of aliphatic imine (C=N–C) groups is 1. The van der Waals surface area contributed by atoms with Gasteiger partial charge in [0, 0.05) is 37.0 Å². The van der Waals surface area contributed by atoms with Crippen LogP contribution in [0.3, 0.4) is 0 Å². The lowest BCUT2D eigenvalue weighted by Crippen LogP contribution is -2.41. The van der Waals surface area contributed by atoms with Crippen molar-refractivity contribution in [2.24, 2.45) is 4.99 Å². The predicted molar refractivity (Wildman–Crippen MR) is 123 cm³/mol. The molecule has 0 radical (unpaired) electrons. The van der Waals surface area contributed by atoms with Crippen LogP contribution in [0.1, 0.15) is 19.8 Å². The summed E-state index contributed by atoms with van der Waals surface area (Å²) >= 11 is 1.93. The number of thioether (sulfide) groups is 1. The minimum Gasteiger partial charge on any atom is -0.357 e. The Morgan fingerprint density at radius 1 is 1.36 bits per heavy atom. The highest BCUT2D eigenvalue weighted by Gasteiger charge is 2.17. The zero-order valence-corrected chi connectivity index (χ0v) is 19.6. The summed E-state index contributed by atoms with van der Waals surface area (Å²) in [5, 5.41) is 17.6. The smallest absolute Gasteiger partial charge is 0.270 e. The molecular weight excluding hydrogens is 517 g/mol. The monoisotopic (exact) mass is 543 g/mol. The SMILES string of the molecule is CCNC(=NCC1CCCS1)NCCNS(=O)(=O)c1cccc([N+](=O)[O-])c1.I. The van der Waals surface area contributed by atoms with Gasteiger partial charge in [0.1, 0.15) is 0 Å². The topological polar surface area (TPSA) is 126 Å². The molecule has 1 fully saturated rings. The first-order chi connectivity index (χ1) is 12.9. The molecule has 1 aliphatic heterocycles. The Labute approximate surface area is 186 Å². The van der Waals surface area contributed by atoms with Gasteiger partial charge in [-0.25, -0.2) is 13.1 Å². The Hall–Kier alpha value is -1.12. The number of nitrogens with one attached hydrogen (secondary N) is 3. The van der Waals surface area contributed by atoms with Gasteiger partial charge >= 0.3 is 0 Å². The van der Waals surface area contributed by atoms with Crippen molar-refractivity contribution in [3.63, 3.8) is 0 Å². The lowest BCUT2D eigenvalue weighted by atomic mass is 10.2. The molecule has 0 saturated carbocycles. The first kappa shape index (κ1) is 24.9. The number of hydrogen-bond donors (Lipinski definition) is 3. The number of rotatable bonds is 9. The van der Waals surface area contributed by atoms with Crippen LogP contribution in [0, 0.1) is 10.1 Å². The maximum atomic E-state index is 12.3. The molecule has 1 saturated heterocycles. The predicted octanol–water partition coefficient (Wildman–Crippen LogP) is 1.94. The third-order valence-corrected chi connectivity index (χ3v) is 6.71. The lowest BCUT2D eigenvalue weighted by molar-refractivity contribution is -0.385. The van der Waals surface area contributed by atoms with Gasteiger partial charge in [-0.05, 0) is 31.6 Å². The van der Waals surface area contributed by atoms with Crippen LogP contribution in [0.25, 0.3) is 0 Å². The van der Waals surface area contributed by atoms with Crippen molar-refractivity contribution in [2.75, 3.05) is 31.9 Å². The van der Waals surface area contributed by atoms with Crippen LogP contribution in [0.5, 0.6) is 0 Å². The third kappa shape index (κ3) is 8.09. The molecule has 1 aromatic rings. The highest BCUT2D eigenvalue weighted by molar-refractivity contribution is 14.0. The van der Waals surface area contributed by atoms with Gasteiger partial charge in [-0.2, -0.15) is 11.8 Å². The minimum atomic E-state index is -3.81. The van der Waals surface area contributed by atoms with Crippen LogP contribution >= 0.6 is 35.7 Å². The molecule has 0 spiro atoms. The highest BCUT2D eigenvalue weighted by atomic mass is 127. The summed E-state index contributed by atoms with van der Waals surface area (Å²) in [4.78, 5) is 14.6. The molecule has 3 N–H and O–H groups in total. The largest absolute Gasteiger partial charge is 0.357 e. The number of nitro benzene ring substituents is 1. The number of hydrogen-bond acceptors (Lipinski definition) is 6. The first-order valence-corrected chi connectivity index (χ1v) is 11.3. The lowest BCUT2D eigenvalue weighted by Gasteiger charge is -2.13. The van der Waals surface area contributed by atoms with E-state index in [0.717, 1.165) is 12.6 Å². The quantitative estimate of drug-likeness (QED) is 0.109. The second kappa shape index (κ2) is 12.4. The summed E-state index contributed by atoms with van der Waals surface area (Å²) in [5.41, 5.74) is -0.262. The summed E-state index contributed by atoms with van der Waals surface area (Å²) < 4.78 is 27.0. The summed E-state index contributed by atoms with van der Waals surface area (Å²) in [5.74, 6) is 1.84. The zero-order chi connectivity index (χ0) is 19.7. The second-order valence-electron chi connectivity index (χ2n) is 5.93. The van der Waals surface area contributed by atoms with Gasteiger partial charge in [0.05, 0.1) is 16.4 Å². The van der Waals surface area contributed by atoms with Crippen molar-refractivity contribution in [1.29, 1.82) is 0 Å². The fourth-order valence-electron chi connectivity index (χ4n) is 2.54. The van der Waals surface area contributed by atoms with E-state index in [9.17, 15) is 18.5 Å². The van der Waals surface area contributed by atoms with Crippen molar-refractivity contribution < 1.29 is 13.3 Å².